The number of rotatable bonds is 1. The fourth-order valence-corrected chi connectivity index (χ4v) is 3.23. The van der Waals surface area contributed by atoms with Crippen LogP contribution < -0.4 is 0 Å². The van der Waals surface area contributed by atoms with Crippen molar-refractivity contribution in [2.45, 2.75) is 13.2 Å². The molecule has 0 unspecified atom stereocenters. The van der Waals surface area contributed by atoms with Gasteiger partial charge in [0.2, 0.25) is 0 Å². The highest BCUT2D eigenvalue weighted by molar-refractivity contribution is 14.1. The smallest absolute Gasteiger partial charge is 0.161 e. The van der Waals surface area contributed by atoms with Crippen molar-refractivity contribution in [2.75, 3.05) is 0 Å². The number of hydrogen-bond acceptors (Lipinski definition) is 3. The Bertz CT molecular complexity index is 866. The Kier molecular flexibility index (Phi) is 3.32. The highest BCUT2D eigenvalue weighted by Gasteiger charge is 2.14. The van der Waals surface area contributed by atoms with Gasteiger partial charge in [-0.25, -0.2) is 9.97 Å². The zero-order valence-electron chi connectivity index (χ0n) is 10.9. The van der Waals surface area contributed by atoms with Crippen LogP contribution in [0.4, 0.5) is 0 Å². The summed E-state index contributed by atoms with van der Waals surface area (Å²) in [5.41, 5.74) is 4.28. The Hall–Kier alpha value is -1.24. The van der Waals surface area contributed by atoms with Gasteiger partial charge in [-0.05, 0) is 58.0 Å². The van der Waals surface area contributed by atoms with Gasteiger partial charge in [-0.15, -0.1) is 0 Å². The lowest BCUT2D eigenvalue weighted by molar-refractivity contribution is 0.134. The van der Waals surface area contributed by atoms with E-state index in [4.69, 9.17) is 16.3 Å². The molecule has 0 atom stereocenters. The average molecular weight is 409 g/mol. The van der Waals surface area contributed by atoms with E-state index in [0.717, 1.165) is 20.0 Å². The van der Waals surface area contributed by atoms with Gasteiger partial charge in [-0.1, -0.05) is 23.7 Å². The number of ether oxygens (including phenoxy) is 1. The molecule has 2 aromatic carbocycles. The Balaban J connectivity index is 1.89. The van der Waals surface area contributed by atoms with Gasteiger partial charge < -0.3 is 4.74 Å². The normalized spacial score (nSPS) is 13.6. The minimum atomic E-state index is 0.491. The van der Waals surface area contributed by atoms with Crippen molar-refractivity contribution in [3.05, 3.63) is 56.2 Å². The van der Waals surface area contributed by atoms with Gasteiger partial charge in [0.25, 0.3) is 0 Å². The molecule has 3 aromatic rings. The number of aromatic nitrogens is 2. The highest BCUT2D eigenvalue weighted by Crippen LogP contribution is 2.29. The van der Waals surface area contributed by atoms with Gasteiger partial charge in [-0.3, -0.25) is 0 Å². The van der Waals surface area contributed by atoms with Crippen LogP contribution in [0.1, 0.15) is 11.1 Å². The van der Waals surface area contributed by atoms with E-state index in [2.05, 4.69) is 44.7 Å². The number of nitrogens with zero attached hydrogens (tertiary/aromatic N) is 2. The Morgan fingerprint density at radius 2 is 1.86 bits per heavy atom. The molecular weight excluding hydrogens is 399 g/mol. The van der Waals surface area contributed by atoms with Crippen molar-refractivity contribution in [3.8, 4) is 11.4 Å². The molecule has 0 fully saturated rings. The van der Waals surface area contributed by atoms with E-state index >= 15 is 0 Å². The van der Waals surface area contributed by atoms with Crippen LogP contribution in [0.15, 0.2) is 36.4 Å². The van der Waals surface area contributed by atoms with Crippen LogP contribution in [-0.2, 0) is 18.0 Å². The zero-order chi connectivity index (χ0) is 14.4. The zero-order valence-corrected chi connectivity index (χ0v) is 13.9. The topological polar surface area (TPSA) is 35.0 Å². The lowest BCUT2D eigenvalue weighted by Crippen LogP contribution is -1.93. The molecule has 0 aliphatic carbocycles. The van der Waals surface area contributed by atoms with Gasteiger partial charge >= 0.3 is 0 Å². The fraction of sp³-hybridized carbons (Fsp3) is 0.125. The summed E-state index contributed by atoms with van der Waals surface area (Å²) < 4.78 is 6.56. The third-order valence-electron chi connectivity index (χ3n) is 3.59. The quantitative estimate of drug-likeness (QED) is 0.436. The average Bonchev–Trinajstić information content (AvgIpc) is 2.95. The minimum Gasteiger partial charge on any atom is -0.372 e. The number of fused-ring (bicyclic) bond motifs is 2. The van der Waals surface area contributed by atoms with E-state index in [1.807, 2.05) is 24.3 Å². The van der Waals surface area contributed by atoms with E-state index < -0.39 is 0 Å². The molecular formula is C16H10ClIN2O. The van der Waals surface area contributed by atoms with Crippen LogP contribution in [0.25, 0.3) is 22.3 Å². The number of benzene rings is 2. The van der Waals surface area contributed by atoms with Crippen molar-refractivity contribution in [1.29, 1.82) is 0 Å². The van der Waals surface area contributed by atoms with Crippen LogP contribution in [0.5, 0.6) is 0 Å². The van der Waals surface area contributed by atoms with Crippen molar-refractivity contribution in [1.82, 2.24) is 9.97 Å². The second-order valence-corrected chi connectivity index (χ2v) is 6.58. The van der Waals surface area contributed by atoms with Crippen molar-refractivity contribution in [2.24, 2.45) is 0 Å². The predicted octanol–water partition coefficient (Wildman–Crippen LogP) is 4.59. The molecule has 2 heterocycles. The van der Waals surface area contributed by atoms with Gasteiger partial charge in [-0.2, -0.15) is 0 Å². The highest BCUT2D eigenvalue weighted by atomic mass is 127. The first-order valence-electron chi connectivity index (χ1n) is 6.53. The molecule has 0 bridgehead atoms. The lowest BCUT2D eigenvalue weighted by Gasteiger charge is -2.06. The molecule has 1 aliphatic rings. The molecule has 0 saturated carbocycles. The van der Waals surface area contributed by atoms with E-state index in [-0.39, 0.29) is 0 Å². The van der Waals surface area contributed by atoms with Crippen LogP contribution >= 0.6 is 34.2 Å². The molecule has 0 amide bonds. The lowest BCUT2D eigenvalue weighted by atomic mass is 10.1. The summed E-state index contributed by atoms with van der Waals surface area (Å²) in [4.78, 5) is 9.08. The van der Waals surface area contributed by atoms with E-state index in [9.17, 15) is 0 Å². The summed E-state index contributed by atoms with van der Waals surface area (Å²) in [7, 11) is 0. The Labute approximate surface area is 140 Å². The number of halogens is 2. The maximum absolute atomic E-state index is 6.32. The maximum Gasteiger partial charge on any atom is 0.161 e. The third kappa shape index (κ3) is 2.41. The van der Waals surface area contributed by atoms with E-state index in [0.29, 0.717) is 24.2 Å². The summed E-state index contributed by atoms with van der Waals surface area (Å²) in [6, 6.07) is 12.2. The van der Waals surface area contributed by atoms with Gasteiger partial charge in [0, 0.05) is 14.5 Å². The molecule has 0 spiro atoms. The van der Waals surface area contributed by atoms with Gasteiger partial charge in [0.15, 0.2) is 5.82 Å². The van der Waals surface area contributed by atoms with Crippen LogP contribution in [0, 0.1) is 3.57 Å². The van der Waals surface area contributed by atoms with E-state index in [1.54, 1.807) is 0 Å². The monoisotopic (exact) mass is 408 g/mol. The summed E-state index contributed by atoms with van der Waals surface area (Å²) in [6.45, 7) is 1.34. The molecule has 5 heteroatoms. The van der Waals surface area contributed by atoms with Crippen LogP contribution in [0.3, 0.4) is 0 Å². The summed E-state index contributed by atoms with van der Waals surface area (Å²) >= 11 is 8.58. The van der Waals surface area contributed by atoms with E-state index in [1.165, 1.54) is 11.1 Å². The number of hydrogen-bond donors (Lipinski definition) is 0. The largest absolute Gasteiger partial charge is 0.372 e. The molecule has 0 saturated heterocycles. The summed E-state index contributed by atoms with van der Waals surface area (Å²) in [5.74, 6) is 0.656. The first kappa shape index (κ1) is 13.4. The Morgan fingerprint density at radius 1 is 1.00 bits per heavy atom. The van der Waals surface area contributed by atoms with Gasteiger partial charge in [0.1, 0.15) is 5.15 Å². The Morgan fingerprint density at radius 3 is 2.76 bits per heavy atom. The first-order chi connectivity index (χ1) is 10.2. The van der Waals surface area contributed by atoms with Crippen LogP contribution in [-0.4, -0.2) is 9.97 Å². The van der Waals surface area contributed by atoms with Gasteiger partial charge in [0.05, 0.1) is 18.7 Å². The third-order valence-corrected chi connectivity index (χ3v) is 4.55. The molecule has 21 heavy (non-hydrogen) atoms. The summed E-state index contributed by atoms with van der Waals surface area (Å²) in [6.07, 6.45) is 0. The first-order valence-corrected chi connectivity index (χ1v) is 7.99. The molecule has 1 aliphatic heterocycles. The van der Waals surface area contributed by atoms with Crippen LogP contribution in [0.2, 0.25) is 5.15 Å². The fourth-order valence-electron chi connectivity index (χ4n) is 2.50. The molecule has 0 radical (unpaired) electrons. The standard InChI is InChI=1S/C16H10ClIN2O/c17-15-13-6-12(18)3-4-14(13)19-16(20-15)9-1-2-10-7-21-8-11(10)5-9/h1-6H,7-8H2. The molecule has 104 valence electrons. The summed E-state index contributed by atoms with van der Waals surface area (Å²) in [5, 5.41) is 1.38. The second kappa shape index (κ2) is 5.19. The SMILES string of the molecule is Clc1nc(-c2ccc3c(c2)COC3)nc2ccc(I)cc12. The van der Waals surface area contributed by atoms with Crippen molar-refractivity contribution >= 4 is 45.1 Å². The molecule has 3 nitrogen and oxygen atoms in total. The van der Waals surface area contributed by atoms with Crippen molar-refractivity contribution < 1.29 is 4.74 Å². The molecule has 4 rings (SSSR count). The molecule has 0 N–H and O–H groups in total. The molecule has 1 aromatic heterocycles. The minimum absolute atomic E-state index is 0.491. The second-order valence-electron chi connectivity index (χ2n) is 4.98. The van der Waals surface area contributed by atoms with Crippen molar-refractivity contribution in [3.63, 3.8) is 0 Å². The predicted molar refractivity (Wildman–Crippen MR) is 91.2 cm³/mol. The maximum atomic E-state index is 6.32.